The third kappa shape index (κ3) is 1.48. The first-order valence-electron chi connectivity index (χ1n) is 2.55. The normalized spacial score (nSPS) is 8.44. The van der Waals surface area contributed by atoms with Crippen LogP contribution in [0.5, 0.6) is 0 Å². The molecule has 1 aromatic rings. The summed E-state index contributed by atoms with van der Waals surface area (Å²) in [5.41, 5.74) is 0.822. The van der Waals surface area contributed by atoms with E-state index < -0.39 is 0 Å². The van der Waals surface area contributed by atoms with Gasteiger partial charge in [-0.25, -0.2) is 0 Å². The third-order valence-electron chi connectivity index (χ3n) is 0.991. The minimum Gasteiger partial charge on any atom is -0.115 e. The van der Waals surface area contributed by atoms with Crippen LogP contribution in [0.1, 0.15) is 5.56 Å². The van der Waals surface area contributed by atoms with Crippen molar-refractivity contribution in [3.05, 3.63) is 34.9 Å². The van der Waals surface area contributed by atoms with Gasteiger partial charge in [-0.15, -0.1) is 6.42 Å². The van der Waals surface area contributed by atoms with Crippen LogP contribution in [0.3, 0.4) is 0 Å². The molecule has 1 heteroatoms. The van der Waals surface area contributed by atoms with Crippen molar-refractivity contribution in [2.24, 2.45) is 0 Å². The minimum absolute atomic E-state index is 0.686. The highest BCUT2D eigenvalue weighted by Crippen LogP contribution is 2.08. The van der Waals surface area contributed by atoms with Crippen LogP contribution in [0.2, 0.25) is 5.02 Å². The fourth-order valence-corrected chi connectivity index (χ4v) is 0.769. The molecule has 0 fully saturated rings. The molecule has 0 bridgehead atoms. The van der Waals surface area contributed by atoms with E-state index in [9.17, 15) is 0 Å². The molecule has 0 saturated carbocycles. The molecule has 0 aliphatic carbocycles. The van der Waals surface area contributed by atoms with Crippen molar-refractivity contribution in [3.8, 4) is 12.3 Å². The molecule has 44 valence electrons. The Morgan fingerprint density at radius 1 is 1.44 bits per heavy atom. The first-order chi connectivity index (χ1) is 4.33. The second-order valence-corrected chi connectivity index (χ2v) is 2.09. The number of benzene rings is 1. The van der Waals surface area contributed by atoms with Gasteiger partial charge in [-0.2, -0.15) is 0 Å². The Morgan fingerprint density at radius 3 is 2.67 bits per heavy atom. The zero-order valence-electron chi connectivity index (χ0n) is 4.76. The van der Waals surface area contributed by atoms with E-state index in [1.54, 1.807) is 12.1 Å². The van der Waals surface area contributed by atoms with Crippen LogP contribution in [0, 0.1) is 12.3 Å². The first-order valence-corrected chi connectivity index (χ1v) is 2.93. The highest BCUT2D eigenvalue weighted by Gasteiger charge is 1.85. The van der Waals surface area contributed by atoms with Gasteiger partial charge in [-0.3, -0.25) is 0 Å². The quantitative estimate of drug-likeness (QED) is 0.488. The summed E-state index contributed by atoms with van der Waals surface area (Å²) in [6, 6.07) is 7.22. The Hall–Kier alpha value is -0.930. The lowest BCUT2D eigenvalue weighted by Crippen LogP contribution is -1.69. The van der Waals surface area contributed by atoms with E-state index >= 15 is 0 Å². The van der Waals surface area contributed by atoms with Crippen LogP contribution >= 0.6 is 11.6 Å². The van der Waals surface area contributed by atoms with Gasteiger partial charge in [0.15, 0.2) is 0 Å². The standard InChI is InChI=1S/C8H5Cl/c1-2-7-4-3-5-8(9)6-7/h1,3-6H/i3+1,4+1,5+1,6+1,7+1,8+1. The Balaban J connectivity index is 3.12. The van der Waals surface area contributed by atoms with Gasteiger partial charge in [0.2, 0.25) is 0 Å². The Morgan fingerprint density at radius 2 is 2.22 bits per heavy atom. The van der Waals surface area contributed by atoms with Gasteiger partial charge >= 0.3 is 0 Å². The maximum atomic E-state index is 5.63. The van der Waals surface area contributed by atoms with Crippen molar-refractivity contribution in [1.29, 1.82) is 0 Å². The summed E-state index contributed by atoms with van der Waals surface area (Å²) >= 11 is 5.63. The molecule has 1 rings (SSSR count). The van der Waals surface area contributed by atoms with Crippen molar-refractivity contribution >= 4 is 11.6 Å². The summed E-state index contributed by atoms with van der Waals surface area (Å²) in [5.74, 6) is 2.48. The molecule has 0 radical (unpaired) electrons. The SMILES string of the molecule is C#C[13c]1[13cH][13cH][13cH][13c](Cl)[13cH]1. The average Bonchev–Trinajstić information content (AvgIpc) is 1.88. The fraction of sp³-hybridized carbons (Fsp3) is 0. The molecule has 0 aromatic heterocycles. The van der Waals surface area contributed by atoms with E-state index in [0.29, 0.717) is 5.02 Å². The molecule has 0 amide bonds. The van der Waals surface area contributed by atoms with E-state index in [4.69, 9.17) is 18.0 Å². The number of hydrogen-bond donors (Lipinski definition) is 0. The smallest absolute Gasteiger partial charge is 0.0418 e. The molecule has 0 aliphatic rings. The molecule has 0 spiro atoms. The Kier molecular flexibility index (Phi) is 1.77. The van der Waals surface area contributed by atoms with Crippen LogP contribution in [0.25, 0.3) is 0 Å². The number of rotatable bonds is 0. The Bertz CT molecular complexity index is 245. The van der Waals surface area contributed by atoms with Crippen molar-refractivity contribution in [1.82, 2.24) is 0 Å². The summed E-state index contributed by atoms with van der Waals surface area (Å²) in [7, 11) is 0. The molecule has 1 aromatic carbocycles. The summed E-state index contributed by atoms with van der Waals surface area (Å²) in [6.07, 6.45) is 5.11. The summed E-state index contributed by atoms with van der Waals surface area (Å²) in [5, 5.41) is 0.686. The summed E-state index contributed by atoms with van der Waals surface area (Å²) in [6.45, 7) is 0. The zero-order chi connectivity index (χ0) is 6.69. The van der Waals surface area contributed by atoms with Gasteiger partial charge in [0, 0.05) is 10.6 Å². The molecule has 0 heterocycles. The van der Waals surface area contributed by atoms with Crippen LogP contribution in [-0.4, -0.2) is 0 Å². The molecule has 0 unspecified atom stereocenters. The number of halogens is 1. The van der Waals surface area contributed by atoms with E-state index in [0.717, 1.165) is 5.56 Å². The molecule has 0 aliphatic heterocycles. The maximum Gasteiger partial charge on any atom is 0.0418 e. The maximum absolute atomic E-state index is 5.63. The lowest BCUT2D eigenvalue weighted by Gasteiger charge is -1.88. The summed E-state index contributed by atoms with van der Waals surface area (Å²) < 4.78 is 0. The third-order valence-corrected chi connectivity index (χ3v) is 1.23. The minimum atomic E-state index is 0.686. The van der Waals surface area contributed by atoms with Gasteiger partial charge in [0.05, 0.1) is 0 Å². The first kappa shape index (κ1) is 6.19. The van der Waals surface area contributed by atoms with Crippen LogP contribution < -0.4 is 0 Å². The largest absolute Gasteiger partial charge is 0.115 e. The fourth-order valence-electron chi connectivity index (χ4n) is 0.578. The van der Waals surface area contributed by atoms with E-state index in [1.807, 2.05) is 12.1 Å². The average molecular weight is 143 g/mol. The van der Waals surface area contributed by atoms with Crippen LogP contribution in [-0.2, 0) is 0 Å². The Labute approximate surface area is 59.5 Å². The molecular formula is C8H5Cl. The predicted molar refractivity (Wildman–Crippen MR) is 39.4 cm³/mol. The van der Waals surface area contributed by atoms with Gasteiger partial charge in [-0.05, 0) is 18.2 Å². The number of terminal acetylenes is 1. The number of hydrogen-bond acceptors (Lipinski definition) is 0. The predicted octanol–water partition coefficient (Wildman–Crippen LogP) is 2.32. The summed E-state index contributed by atoms with van der Waals surface area (Å²) in [4.78, 5) is 0. The lowest BCUT2D eigenvalue weighted by atomic mass is 10.9. The highest BCUT2D eigenvalue weighted by atomic mass is 35.5. The van der Waals surface area contributed by atoms with Crippen LogP contribution in [0.15, 0.2) is 24.3 Å². The van der Waals surface area contributed by atoms with Crippen molar-refractivity contribution < 1.29 is 0 Å². The molecule has 0 saturated heterocycles. The second kappa shape index (κ2) is 2.57. The van der Waals surface area contributed by atoms with E-state index in [-0.39, 0.29) is 0 Å². The molecule has 9 heavy (non-hydrogen) atoms. The van der Waals surface area contributed by atoms with Gasteiger partial charge < -0.3 is 0 Å². The van der Waals surface area contributed by atoms with Gasteiger partial charge in [-0.1, -0.05) is 23.6 Å². The van der Waals surface area contributed by atoms with E-state index in [2.05, 4.69) is 5.92 Å². The molecule has 0 N–H and O–H groups in total. The van der Waals surface area contributed by atoms with Crippen molar-refractivity contribution in [2.45, 2.75) is 0 Å². The van der Waals surface area contributed by atoms with Crippen molar-refractivity contribution in [2.75, 3.05) is 0 Å². The van der Waals surface area contributed by atoms with Gasteiger partial charge in [0.25, 0.3) is 0 Å². The van der Waals surface area contributed by atoms with Crippen molar-refractivity contribution in [3.63, 3.8) is 0 Å². The van der Waals surface area contributed by atoms with Crippen LogP contribution in [0.4, 0.5) is 0 Å². The topological polar surface area (TPSA) is 0 Å². The molecule has 0 atom stereocenters. The van der Waals surface area contributed by atoms with Gasteiger partial charge in [0.1, 0.15) is 0 Å². The van der Waals surface area contributed by atoms with E-state index in [1.165, 1.54) is 0 Å². The zero-order valence-corrected chi connectivity index (χ0v) is 5.52. The molecular weight excluding hydrogens is 137 g/mol. The monoisotopic (exact) mass is 142 g/mol. The lowest BCUT2D eigenvalue weighted by molar-refractivity contribution is 1.65. The second-order valence-electron chi connectivity index (χ2n) is 1.65. The molecule has 0 nitrogen and oxygen atoms in total. The highest BCUT2D eigenvalue weighted by molar-refractivity contribution is 6.30.